The van der Waals surface area contributed by atoms with Crippen LogP contribution in [0.25, 0.3) is 22.3 Å². The molecule has 0 aliphatic carbocycles. The molecule has 0 atom stereocenters. The fourth-order valence-electron chi connectivity index (χ4n) is 2.85. The molecule has 0 aromatic carbocycles. The highest BCUT2D eigenvalue weighted by molar-refractivity contribution is 7.89. The lowest BCUT2D eigenvalue weighted by Gasteiger charge is -2.39. The number of hydrogen-bond donors (Lipinski definition) is 1. The second-order valence-corrected chi connectivity index (χ2v) is 8.72. The number of hydrogen-bond acceptors (Lipinski definition) is 5. The van der Waals surface area contributed by atoms with E-state index in [1.54, 1.807) is 20.0 Å². The minimum atomic E-state index is -3.18. The normalized spacial score (nSPS) is 16.8. The van der Waals surface area contributed by atoms with Crippen molar-refractivity contribution in [3.63, 3.8) is 0 Å². The molecule has 3 aromatic heterocycles. The summed E-state index contributed by atoms with van der Waals surface area (Å²) in [7, 11) is -3.18. The first kappa shape index (κ1) is 15.3. The zero-order chi connectivity index (χ0) is 16.9. The quantitative estimate of drug-likeness (QED) is 0.770. The zero-order valence-corrected chi connectivity index (χ0v) is 14.2. The number of sulfonamides is 1. The largest absolute Gasteiger partial charge is 0.346 e. The smallest absolute Gasteiger partial charge is 0.216 e. The molecule has 0 spiro atoms. The number of aromatic amines is 1. The molecule has 24 heavy (non-hydrogen) atoms. The Kier molecular flexibility index (Phi) is 3.43. The SMILES string of the molecule is CC(C)S(=O)(=O)N1CC(n2cc(-c3ncnc4[nH]ccc34)cn2)C1. The third kappa shape index (κ3) is 2.31. The first-order valence-corrected chi connectivity index (χ1v) is 9.28. The summed E-state index contributed by atoms with van der Waals surface area (Å²) in [6.07, 6.45) is 7.02. The second kappa shape index (κ2) is 5.38. The average molecular weight is 346 g/mol. The van der Waals surface area contributed by atoms with Gasteiger partial charge in [-0.25, -0.2) is 18.4 Å². The van der Waals surface area contributed by atoms with Crippen molar-refractivity contribution < 1.29 is 8.42 Å². The Morgan fingerprint density at radius 3 is 2.83 bits per heavy atom. The second-order valence-electron chi connectivity index (χ2n) is 6.24. The maximum absolute atomic E-state index is 12.1. The fraction of sp³-hybridized carbons (Fsp3) is 0.400. The summed E-state index contributed by atoms with van der Waals surface area (Å²) in [5, 5.41) is 4.94. The molecule has 0 bridgehead atoms. The van der Waals surface area contributed by atoms with Gasteiger partial charge in [0.25, 0.3) is 0 Å². The van der Waals surface area contributed by atoms with Gasteiger partial charge in [-0.3, -0.25) is 4.68 Å². The predicted molar refractivity (Wildman–Crippen MR) is 89.8 cm³/mol. The van der Waals surface area contributed by atoms with Crippen LogP contribution >= 0.6 is 0 Å². The minimum absolute atomic E-state index is 0.0656. The number of H-pyrrole nitrogens is 1. The van der Waals surface area contributed by atoms with E-state index in [9.17, 15) is 8.42 Å². The Balaban J connectivity index is 1.56. The lowest BCUT2D eigenvalue weighted by Crippen LogP contribution is -2.52. The van der Waals surface area contributed by atoms with E-state index in [4.69, 9.17) is 0 Å². The standard InChI is InChI=1S/C15H18N6O2S/c1-10(2)24(22,23)20-7-12(8-20)21-6-11(5-19-21)14-13-3-4-16-15(13)18-9-17-14/h3-6,9-10,12H,7-8H2,1-2H3,(H,16,17,18). The van der Waals surface area contributed by atoms with Crippen LogP contribution in [0.1, 0.15) is 19.9 Å². The van der Waals surface area contributed by atoms with Gasteiger partial charge in [0.1, 0.15) is 12.0 Å². The lowest BCUT2D eigenvalue weighted by atomic mass is 10.1. The molecule has 1 N–H and O–H groups in total. The highest BCUT2D eigenvalue weighted by atomic mass is 32.2. The van der Waals surface area contributed by atoms with E-state index < -0.39 is 15.3 Å². The van der Waals surface area contributed by atoms with Crippen molar-refractivity contribution in [1.29, 1.82) is 0 Å². The van der Waals surface area contributed by atoms with Crippen molar-refractivity contribution in [2.24, 2.45) is 0 Å². The topological polar surface area (TPSA) is 96.8 Å². The summed E-state index contributed by atoms with van der Waals surface area (Å²) in [6, 6.07) is 2.00. The molecule has 126 valence electrons. The van der Waals surface area contributed by atoms with E-state index in [-0.39, 0.29) is 6.04 Å². The Bertz CT molecular complexity index is 984. The van der Waals surface area contributed by atoms with Gasteiger partial charge in [-0.2, -0.15) is 9.40 Å². The minimum Gasteiger partial charge on any atom is -0.346 e. The first-order chi connectivity index (χ1) is 11.5. The summed E-state index contributed by atoms with van der Waals surface area (Å²) >= 11 is 0. The molecule has 9 heteroatoms. The van der Waals surface area contributed by atoms with E-state index in [2.05, 4.69) is 20.1 Å². The summed E-state index contributed by atoms with van der Waals surface area (Å²) in [5.41, 5.74) is 2.50. The van der Waals surface area contributed by atoms with Crippen molar-refractivity contribution in [1.82, 2.24) is 29.0 Å². The third-order valence-corrected chi connectivity index (χ3v) is 6.60. The van der Waals surface area contributed by atoms with E-state index in [0.717, 1.165) is 22.3 Å². The third-order valence-electron chi connectivity index (χ3n) is 4.39. The van der Waals surface area contributed by atoms with Crippen LogP contribution in [0, 0.1) is 0 Å². The Morgan fingerprint density at radius 1 is 1.29 bits per heavy atom. The van der Waals surface area contributed by atoms with Crippen LogP contribution in [0.15, 0.2) is 31.0 Å². The van der Waals surface area contributed by atoms with Gasteiger partial charge in [0.05, 0.1) is 23.2 Å². The molecule has 0 unspecified atom stereocenters. The Hall–Kier alpha value is -2.26. The van der Waals surface area contributed by atoms with Gasteiger partial charge in [-0.05, 0) is 19.9 Å². The van der Waals surface area contributed by atoms with Crippen LogP contribution in [0.2, 0.25) is 0 Å². The molecule has 4 heterocycles. The molecule has 0 radical (unpaired) electrons. The van der Waals surface area contributed by atoms with Gasteiger partial charge in [0, 0.05) is 36.4 Å². The monoisotopic (exact) mass is 346 g/mol. The molecule has 1 saturated heterocycles. The van der Waals surface area contributed by atoms with E-state index in [1.165, 1.54) is 10.6 Å². The van der Waals surface area contributed by atoms with Gasteiger partial charge in [-0.1, -0.05) is 0 Å². The van der Waals surface area contributed by atoms with Crippen LogP contribution < -0.4 is 0 Å². The van der Waals surface area contributed by atoms with Crippen LogP contribution in [0.4, 0.5) is 0 Å². The number of nitrogens with one attached hydrogen (secondary N) is 1. The fourth-order valence-corrected chi connectivity index (χ4v) is 4.21. The molecule has 1 aliphatic rings. The summed E-state index contributed by atoms with van der Waals surface area (Å²) in [6.45, 7) is 4.33. The summed E-state index contributed by atoms with van der Waals surface area (Å²) < 4.78 is 27.6. The van der Waals surface area contributed by atoms with Gasteiger partial charge < -0.3 is 4.98 Å². The molecule has 3 aromatic rings. The van der Waals surface area contributed by atoms with E-state index >= 15 is 0 Å². The molecule has 4 rings (SSSR count). The number of rotatable bonds is 4. The van der Waals surface area contributed by atoms with Crippen LogP contribution in [0.3, 0.4) is 0 Å². The van der Waals surface area contributed by atoms with Crippen LogP contribution in [-0.2, 0) is 10.0 Å². The van der Waals surface area contributed by atoms with Crippen molar-refractivity contribution in [2.45, 2.75) is 25.1 Å². The highest BCUT2D eigenvalue weighted by Crippen LogP contribution is 2.29. The van der Waals surface area contributed by atoms with E-state index in [1.807, 2.05) is 23.1 Å². The number of fused-ring (bicyclic) bond motifs is 1. The molecule has 1 fully saturated rings. The zero-order valence-electron chi connectivity index (χ0n) is 13.4. The molecule has 0 amide bonds. The van der Waals surface area contributed by atoms with Gasteiger partial charge in [-0.15, -0.1) is 0 Å². The molecule has 0 saturated carbocycles. The lowest BCUT2D eigenvalue weighted by molar-refractivity contribution is 0.190. The van der Waals surface area contributed by atoms with Gasteiger partial charge in [0.15, 0.2) is 0 Å². The Morgan fingerprint density at radius 2 is 2.08 bits per heavy atom. The highest BCUT2D eigenvalue weighted by Gasteiger charge is 2.38. The van der Waals surface area contributed by atoms with Crippen LogP contribution in [-0.4, -0.2) is 55.8 Å². The predicted octanol–water partition coefficient (Wildman–Crippen LogP) is 1.42. The Labute approximate surface area is 139 Å². The van der Waals surface area contributed by atoms with Crippen molar-refractivity contribution >= 4 is 21.1 Å². The van der Waals surface area contributed by atoms with Gasteiger partial charge in [0.2, 0.25) is 10.0 Å². The maximum Gasteiger partial charge on any atom is 0.216 e. The summed E-state index contributed by atoms with van der Waals surface area (Å²) in [5.74, 6) is 0. The van der Waals surface area contributed by atoms with Gasteiger partial charge >= 0.3 is 0 Å². The summed E-state index contributed by atoms with van der Waals surface area (Å²) in [4.78, 5) is 11.6. The molecule has 8 nitrogen and oxygen atoms in total. The number of aromatic nitrogens is 5. The average Bonchev–Trinajstić information content (AvgIpc) is 3.13. The maximum atomic E-state index is 12.1. The molecular formula is C15H18N6O2S. The first-order valence-electron chi connectivity index (χ1n) is 7.78. The molecule has 1 aliphatic heterocycles. The van der Waals surface area contributed by atoms with Crippen molar-refractivity contribution in [2.75, 3.05) is 13.1 Å². The van der Waals surface area contributed by atoms with Crippen molar-refractivity contribution in [3.05, 3.63) is 31.0 Å². The van der Waals surface area contributed by atoms with Crippen molar-refractivity contribution in [3.8, 4) is 11.3 Å². The van der Waals surface area contributed by atoms with Crippen LogP contribution in [0.5, 0.6) is 0 Å². The van der Waals surface area contributed by atoms with E-state index in [0.29, 0.717) is 13.1 Å². The molecular weight excluding hydrogens is 328 g/mol. The number of nitrogens with zero attached hydrogens (tertiary/aromatic N) is 5.